The van der Waals surface area contributed by atoms with Crippen molar-refractivity contribution in [1.82, 2.24) is 5.32 Å². The van der Waals surface area contributed by atoms with Gasteiger partial charge in [0.25, 0.3) is 0 Å². The Morgan fingerprint density at radius 1 is 1.60 bits per heavy atom. The molecule has 1 aliphatic heterocycles. The van der Waals surface area contributed by atoms with Crippen LogP contribution in [0.3, 0.4) is 0 Å². The molecule has 0 amide bonds. The number of aliphatic hydroxyl groups excluding tert-OH is 1. The van der Waals surface area contributed by atoms with E-state index in [1.807, 2.05) is 13.8 Å². The molecule has 6 nitrogen and oxygen atoms in total. The van der Waals surface area contributed by atoms with Crippen molar-refractivity contribution in [3.8, 4) is 0 Å². The van der Waals surface area contributed by atoms with Crippen molar-refractivity contribution in [2.75, 3.05) is 20.2 Å². The van der Waals surface area contributed by atoms with Crippen molar-refractivity contribution in [2.24, 2.45) is 15.7 Å². The number of nitrogens with one attached hydrogen (secondary N) is 1. The molecule has 0 aliphatic carbocycles. The SMILES string of the molecule is C=C1CN=C(O[C@@H]([C-](C)C)[C@H]([CH-]CO)NC)N=C1N.[U+2]. The van der Waals surface area contributed by atoms with E-state index < -0.39 is 0 Å². The summed E-state index contributed by atoms with van der Waals surface area (Å²) in [7, 11) is 1.80. The third-order valence-electron chi connectivity index (χ3n) is 2.80. The second kappa shape index (κ2) is 9.56. The molecular formula is C13H22N4O2U. The summed E-state index contributed by atoms with van der Waals surface area (Å²) < 4.78 is 5.78. The molecule has 7 heteroatoms. The average molecular weight is 504 g/mol. The van der Waals surface area contributed by atoms with Crippen LogP contribution in [-0.2, 0) is 4.74 Å². The van der Waals surface area contributed by atoms with Crippen LogP contribution in [0.25, 0.3) is 0 Å². The van der Waals surface area contributed by atoms with Crippen LogP contribution in [0.5, 0.6) is 0 Å². The molecule has 0 spiro atoms. The molecule has 0 bridgehead atoms. The molecule has 0 fully saturated rings. The largest absolute Gasteiger partial charge is 2.00 e. The Hall–Kier alpha value is -0.348. The summed E-state index contributed by atoms with van der Waals surface area (Å²) in [6.45, 7) is 8.02. The summed E-state index contributed by atoms with van der Waals surface area (Å²) >= 11 is 0. The number of likely N-dealkylation sites (N-methyl/N-ethyl adjacent to an activating group) is 1. The molecule has 1 rings (SSSR count). The van der Waals surface area contributed by atoms with Crippen molar-refractivity contribution in [1.29, 1.82) is 0 Å². The standard InChI is InChI=1S/C13H22N4O2.U/c1-8(2)11(10(15-4)5-6-18)19-13-16-7-9(3)12(14)17-13;/h5,10-11,15,18H,3,6-7H2,1-2,4H3,(H2,14,16,17);/q-2;+2/t10-,11-;/m0./s1. The topological polar surface area (TPSA) is 92.2 Å². The first kappa shape index (κ1) is 19.7. The molecule has 2 atom stereocenters. The molecule has 1 aliphatic rings. The van der Waals surface area contributed by atoms with Crippen LogP contribution in [0.15, 0.2) is 22.1 Å². The number of aliphatic hydroxyl groups is 1. The minimum absolute atomic E-state index is 0. The number of amidine groups is 2. The van der Waals surface area contributed by atoms with Gasteiger partial charge in [0.15, 0.2) is 0 Å². The first-order valence-corrected chi connectivity index (χ1v) is 6.14. The first-order valence-electron chi connectivity index (χ1n) is 6.14. The Balaban J connectivity index is 0.00000361. The number of nitrogens with zero attached hydrogens (tertiary/aromatic N) is 2. The Morgan fingerprint density at radius 2 is 2.25 bits per heavy atom. The Morgan fingerprint density at radius 3 is 2.70 bits per heavy atom. The van der Waals surface area contributed by atoms with E-state index >= 15 is 0 Å². The van der Waals surface area contributed by atoms with Crippen LogP contribution in [-0.4, -0.2) is 49.3 Å². The molecular weight excluding hydrogens is 482 g/mol. The van der Waals surface area contributed by atoms with E-state index in [0.29, 0.717) is 18.0 Å². The minimum Gasteiger partial charge on any atom is -0.494 e. The van der Waals surface area contributed by atoms with E-state index in [9.17, 15) is 0 Å². The van der Waals surface area contributed by atoms with Gasteiger partial charge in [-0.3, -0.25) is 12.3 Å². The zero-order valence-electron chi connectivity index (χ0n) is 12.2. The van der Waals surface area contributed by atoms with Gasteiger partial charge in [0.1, 0.15) is 5.84 Å². The second-order valence-corrected chi connectivity index (χ2v) is 4.55. The predicted octanol–water partition coefficient (Wildman–Crippen LogP) is 0.0535. The summed E-state index contributed by atoms with van der Waals surface area (Å²) in [6.07, 6.45) is 1.46. The van der Waals surface area contributed by atoms with Crippen molar-refractivity contribution in [3.63, 3.8) is 0 Å². The van der Waals surface area contributed by atoms with E-state index in [2.05, 4.69) is 21.9 Å². The maximum Gasteiger partial charge on any atom is 2.00 e. The molecule has 0 saturated heterocycles. The molecule has 0 saturated carbocycles. The van der Waals surface area contributed by atoms with Crippen LogP contribution < -0.4 is 11.1 Å². The number of hydrogen-bond donors (Lipinski definition) is 3. The van der Waals surface area contributed by atoms with E-state index in [-0.39, 0.29) is 55.9 Å². The number of nitrogens with two attached hydrogens (primary N) is 1. The van der Waals surface area contributed by atoms with Gasteiger partial charge in [-0.2, -0.15) is 18.8 Å². The number of aliphatic imine (C=N–C) groups is 2. The molecule has 0 unspecified atom stereocenters. The van der Waals surface area contributed by atoms with Gasteiger partial charge in [-0.15, -0.1) is 6.04 Å². The molecule has 20 heavy (non-hydrogen) atoms. The van der Waals surface area contributed by atoms with Crippen molar-refractivity contribution in [2.45, 2.75) is 26.0 Å². The smallest absolute Gasteiger partial charge is 0.494 e. The molecule has 4 N–H and O–H groups in total. The Labute approximate surface area is 144 Å². The van der Waals surface area contributed by atoms with Gasteiger partial charge in [-0.1, -0.05) is 13.2 Å². The third-order valence-corrected chi connectivity index (χ3v) is 2.80. The number of hydrogen-bond acceptors (Lipinski definition) is 6. The van der Waals surface area contributed by atoms with E-state index in [0.717, 1.165) is 5.92 Å². The summed E-state index contributed by atoms with van der Waals surface area (Å²) in [5.41, 5.74) is 6.40. The molecule has 110 valence electrons. The van der Waals surface area contributed by atoms with Crippen molar-refractivity contribution >= 4 is 11.9 Å². The van der Waals surface area contributed by atoms with Gasteiger partial charge in [0, 0.05) is 5.57 Å². The van der Waals surface area contributed by atoms with E-state index in [1.165, 1.54) is 0 Å². The second-order valence-electron chi connectivity index (χ2n) is 4.55. The molecule has 0 radical (unpaired) electrons. The zero-order chi connectivity index (χ0) is 14.4. The van der Waals surface area contributed by atoms with Crippen LogP contribution in [0.4, 0.5) is 0 Å². The Kier molecular flexibility index (Phi) is 9.40. The van der Waals surface area contributed by atoms with E-state index in [4.69, 9.17) is 15.6 Å². The molecule has 0 aromatic heterocycles. The maximum absolute atomic E-state index is 9.03. The van der Waals surface area contributed by atoms with Gasteiger partial charge >= 0.3 is 37.1 Å². The van der Waals surface area contributed by atoms with Gasteiger partial charge in [-0.05, 0) is 13.2 Å². The predicted molar refractivity (Wildman–Crippen MR) is 76.8 cm³/mol. The fourth-order valence-electron chi connectivity index (χ4n) is 1.70. The fraction of sp³-hybridized carbons (Fsp3) is 0.538. The first-order chi connectivity index (χ1) is 8.99. The van der Waals surface area contributed by atoms with Crippen LogP contribution in [0.1, 0.15) is 13.8 Å². The van der Waals surface area contributed by atoms with Crippen LogP contribution >= 0.6 is 0 Å². The van der Waals surface area contributed by atoms with E-state index in [1.54, 1.807) is 13.5 Å². The summed E-state index contributed by atoms with van der Waals surface area (Å²) in [5.74, 6) is 1.40. The van der Waals surface area contributed by atoms with Gasteiger partial charge < -0.3 is 20.9 Å². The molecule has 0 aromatic rings. The van der Waals surface area contributed by atoms with Crippen molar-refractivity contribution < 1.29 is 41.0 Å². The normalized spacial score (nSPS) is 17.9. The molecule has 1 heterocycles. The van der Waals surface area contributed by atoms with Crippen molar-refractivity contribution in [3.05, 3.63) is 24.5 Å². The average Bonchev–Trinajstić information content (AvgIpc) is 2.37. The molecule has 0 aromatic carbocycles. The summed E-state index contributed by atoms with van der Waals surface area (Å²) in [4.78, 5) is 8.24. The van der Waals surface area contributed by atoms with Crippen LogP contribution in [0.2, 0.25) is 0 Å². The third kappa shape index (κ3) is 5.57. The van der Waals surface area contributed by atoms with Gasteiger partial charge in [0.2, 0.25) is 0 Å². The van der Waals surface area contributed by atoms with Crippen LogP contribution in [0, 0.1) is 43.5 Å². The fourth-order valence-corrected chi connectivity index (χ4v) is 1.70. The number of ether oxygens (including phenoxy) is 1. The zero-order valence-corrected chi connectivity index (χ0v) is 16.3. The number of rotatable bonds is 6. The van der Waals surface area contributed by atoms with Gasteiger partial charge in [0.05, 0.1) is 6.54 Å². The summed E-state index contributed by atoms with van der Waals surface area (Å²) in [5, 5.41) is 12.1. The monoisotopic (exact) mass is 504 g/mol. The quantitative estimate of drug-likeness (QED) is 0.446. The Bertz CT molecular complexity index is 383. The summed E-state index contributed by atoms with van der Waals surface area (Å²) in [6, 6.07) is 0.127. The maximum atomic E-state index is 9.03. The minimum atomic E-state index is -0.265. The van der Waals surface area contributed by atoms with Gasteiger partial charge in [-0.25, -0.2) is 4.99 Å².